The van der Waals surface area contributed by atoms with Crippen LogP contribution in [-0.2, 0) is 4.79 Å². The van der Waals surface area contributed by atoms with Gasteiger partial charge in [-0.2, -0.15) is 0 Å². The second-order valence-electron chi connectivity index (χ2n) is 6.26. The molecule has 2 aliphatic rings. The summed E-state index contributed by atoms with van der Waals surface area (Å²) in [7, 11) is 0. The number of carbonyl (C=O) groups is 2. The lowest BCUT2D eigenvalue weighted by molar-refractivity contribution is -0.384. The summed E-state index contributed by atoms with van der Waals surface area (Å²) in [5.74, 6) is -1.57. The highest BCUT2D eigenvalue weighted by molar-refractivity contribution is 5.94. The Balaban J connectivity index is 1.99. The molecule has 1 aromatic rings. The molecular formula is C15H17N3O5. The predicted octanol–water partition coefficient (Wildman–Crippen LogP) is 1.38. The highest BCUT2D eigenvalue weighted by Gasteiger charge is 2.55. The number of carbonyl (C=O) groups excluding carboxylic acids is 1. The maximum atomic E-state index is 11.7. The van der Waals surface area contributed by atoms with E-state index in [1.54, 1.807) is 4.90 Å². The molecule has 3 N–H and O–H groups in total. The number of carboxylic acids is 1. The molecule has 1 saturated carbocycles. The third-order valence-electron chi connectivity index (χ3n) is 5.09. The van der Waals surface area contributed by atoms with Crippen molar-refractivity contribution < 1.29 is 19.6 Å². The van der Waals surface area contributed by atoms with Gasteiger partial charge < -0.3 is 15.7 Å². The van der Waals surface area contributed by atoms with Crippen molar-refractivity contribution in [3.63, 3.8) is 0 Å². The number of nitro groups is 1. The van der Waals surface area contributed by atoms with E-state index in [2.05, 4.69) is 0 Å². The number of amides is 1. The van der Waals surface area contributed by atoms with Gasteiger partial charge in [-0.25, -0.2) is 0 Å². The van der Waals surface area contributed by atoms with Gasteiger partial charge in [0.2, 0.25) is 5.91 Å². The summed E-state index contributed by atoms with van der Waals surface area (Å²) >= 11 is 0. The van der Waals surface area contributed by atoms with Gasteiger partial charge >= 0.3 is 5.97 Å². The average Bonchev–Trinajstić information content (AvgIpc) is 3.04. The zero-order valence-corrected chi connectivity index (χ0v) is 12.4. The van der Waals surface area contributed by atoms with Gasteiger partial charge in [0.1, 0.15) is 5.69 Å². The van der Waals surface area contributed by atoms with Crippen molar-refractivity contribution in [3.05, 3.63) is 33.9 Å². The molecule has 1 aliphatic heterocycles. The Bertz CT molecular complexity index is 704. The van der Waals surface area contributed by atoms with Crippen LogP contribution in [0.25, 0.3) is 0 Å². The third-order valence-corrected chi connectivity index (χ3v) is 5.09. The minimum Gasteiger partial charge on any atom is -0.481 e. The fourth-order valence-corrected chi connectivity index (χ4v) is 3.91. The van der Waals surface area contributed by atoms with E-state index in [9.17, 15) is 24.8 Å². The summed E-state index contributed by atoms with van der Waals surface area (Å²) < 4.78 is 0. The summed E-state index contributed by atoms with van der Waals surface area (Å²) in [4.78, 5) is 35.4. The van der Waals surface area contributed by atoms with Crippen molar-refractivity contribution in [2.24, 2.45) is 17.1 Å². The lowest BCUT2D eigenvalue weighted by Crippen LogP contribution is -2.35. The van der Waals surface area contributed by atoms with E-state index in [0.29, 0.717) is 18.7 Å². The first-order chi connectivity index (χ1) is 10.8. The normalized spacial score (nSPS) is 26.1. The molecule has 8 nitrogen and oxygen atoms in total. The Labute approximate surface area is 132 Å². The van der Waals surface area contributed by atoms with Crippen molar-refractivity contribution in [2.45, 2.75) is 19.3 Å². The van der Waals surface area contributed by atoms with Gasteiger partial charge in [-0.3, -0.25) is 19.7 Å². The minimum absolute atomic E-state index is 0.00424. The maximum absolute atomic E-state index is 11.7. The fourth-order valence-electron chi connectivity index (χ4n) is 3.91. The van der Waals surface area contributed by atoms with E-state index in [1.807, 2.05) is 0 Å². The number of nitro benzene ring substituents is 1. The van der Waals surface area contributed by atoms with Crippen LogP contribution in [-0.4, -0.2) is 35.0 Å². The molecule has 0 bridgehead atoms. The molecule has 0 unspecified atom stereocenters. The number of carboxylic acid groups (broad SMARTS) is 1. The number of nitrogens with zero attached hydrogens (tertiary/aromatic N) is 2. The standard InChI is InChI=1S/C15H17N3O5/c16-13(19)9-3-4-11(12(6-9)18(22)23)17-7-10-2-1-5-15(10,8-17)14(20)21/h3-4,6,10H,1-2,5,7-8H2,(H2,16,19)(H,20,21)/t10-,15+/m0/s1. The Kier molecular flexibility index (Phi) is 3.46. The summed E-state index contributed by atoms with van der Waals surface area (Å²) in [6, 6.07) is 4.07. The van der Waals surface area contributed by atoms with Crippen LogP contribution in [0.5, 0.6) is 0 Å². The van der Waals surface area contributed by atoms with E-state index in [4.69, 9.17) is 5.73 Å². The monoisotopic (exact) mass is 319 g/mol. The average molecular weight is 319 g/mol. The summed E-state index contributed by atoms with van der Waals surface area (Å²) in [6.45, 7) is 0.729. The van der Waals surface area contributed by atoms with Gasteiger partial charge in [-0.15, -0.1) is 0 Å². The molecule has 1 saturated heterocycles. The number of benzene rings is 1. The number of fused-ring (bicyclic) bond motifs is 1. The van der Waals surface area contributed by atoms with E-state index in [-0.39, 0.29) is 23.7 Å². The van der Waals surface area contributed by atoms with Gasteiger partial charge in [-0.05, 0) is 30.9 Å². The largest absolute Gasteiger partial charge is 0.481 e. The van der Waals surface area contributed by atoms with Crippen molar-refractivity contribution in [2.75, 3.05) is 18.0 Å². The lowest BCUT2D eigenvalue weighted by Gasteiger charge is -2.24. The number of anilines is 1. The molecule has 0 spiro atoms. The van der Waals surface area contributed by atoms with Gasteiger partial charge in [-0.1, -0.05) is 6.42 Å². The molecule has 0 aromatic heterocycles. The molecule has 1 aromatic carbocycles. The van der Waals surface area contributed by atoms with E-state index in [1.165, 1.54) is 12.1 Å². The van der Waals surface area contributed by atoms with E-state index >= 15 is 0 Å². The number of primary amides is 1. The van der Waals surface area contributed by atoms with Gasteiger partial charge in [0.25, 0.3) is 5.69 Å². The van der Waals surface area contributed by atoms with Crippen molar-refractivity contribution >= 4 is 23.3 Å². The Morgan fingerprint density at radius 2 is 2.17 bits per heavy atom. The van der Waals surface area contributed by atoms with Crippen LogP contribution in [0.2, 0.25) is 0 Å². The Morgan fingerprint density at radius 3 is 2.74 bits per heavy atom. The molecule has 0 radical (unpaired) electrons. The molecule has 8 heteroatoms. The molecule has 1 amide bonds. The SMILES string of the molecule is NC(=O)c1ccc(N2C[C@@H]3CCC[C@@]3(C(=O)O)C2)c([N+](=O)[O-])c1. The first-order valence-electron chi connectivity index (χ1n) is 7.42. The Morgan fingerprint density at radius 1 is 1.43 bits per heavy atom. The highest BCUT2D eigenvalue weighted by Crippen LogP contribution is 2.50. The molecule has 3 rings (SSSR count). The van der Waals surface area contributed by atoms with Crippen molar-refractivity contribution in [1.29, 1.82) is 0 Å². The summed E-state index contributed by atoms with van der Waals surface area (Å²) in [5.41, 5.74) is 4.53. The van der Waals surface area contributed by atoms with Crippen molar-refractivity contribution in [1.82, 2.24) is 0 Å². The molecule has 122 valence electrons. The number of nitrogens with two attached hydrogens (primary N) is 1. The van der Waals surface area contributed by atoms with Gasteiger partial charge in [0.05, 0.1) is 10.3 Å². The summed E-state index contributed by atoms with van der Waals surface area (Å²) in [5, 5.41) is 20.9. The third kappa shape index (κ3) is 2.30. The van der Waals surface area contributed by atoms with E-state index < -0.39 is 22.2 Å². The van der Waals surface area contributed by atoms with E-state index in [0.717, 1.165) is 18.9 Å². The van der Waals surface area contributed by atoms with Crippen LogP contribution in [0.1, 0.15) is 29.6 Å². The molecule has 2 atom stereocenters. The number of rotatable bonds is 4. The van der Waals surface area contributed by atoms with Crippen LogP contribution >= 0.6 is 0 Å². The minimum atomic E-state index is -0.834. The predicted molar refractivity (Wildman–Crippen MR) is 81.2 cm³/mol. The van der Waals surface area contributed by atoms with Crippen LogP contribution in [0, 0.1) is 21.4 Å². The zero-order valence-electron chi connectivity index (χ0n) is 12.4. The summed E-state index contributed by atoms with van der Waals surface area (Å²) in [6.07, 6.45) is 2.28. The van der Waals surface area contributed by atoms with Gasteiger partial charge in [0.15, 0.2) is 0 Å². The molecule has 1 aliphatic carbocycles. The second-order valence-corrected chi connectivity index (χ2v) is 6.26. The first-order valence-corrected chi connectivity index (χ1v) is 7.42. The van der Waals surface area contributed by atoms with Crippen LogP contribution < -0.4 is 10.6 Å². The molecular weight excluding hydrogens is 302 g/mol. The topological polar surface area (TPSA) is 127 Å². The first kappa shape index (κ1) is 15.3. The van der Waals surface area contributed by atoms with Crippen LogP contribution in [0.15, 0.2) is 18.2 Å². The van der Waals surface area contributed by atoms with Crippen LogP contribution in [0.4, 0.5) is 11.4 Å². The number of hydrogen-bond donors (Lipinski definition) is 2. The zero-order chi connectivity index (χ0) is 16.8. The maximum Gasteiger partial charge on any atom is 0.311 e. The quantitative estimate of drug-likeness (QED) is 0.637. The van der Waals surface area contributed by atoms with Gasteiger partial charge in [0, 0.05) is 24.7 Å². The number of aliphatic carboxylic acids is 1. The van der Waals surface area contributed by atoms with Crippen molar-refractivity contribution in [3.8, 4) is 0 Å². The Hall–Kier alpha value is -2.64. The smallest absolute Gasteiger partial charge is 0.311 e. The number of hydrogen-bond acceptors (Lipinski definition) is 5. The lowest BCUT2D eigenvalue weighted by atomic mass is 9.81. The molecule has 1 heterocycles. The fraction of sp³-hybridized carbons (Fsp3) is 0.467. The second kappa shape index (κ2) is 5.22. The molecule has 23 heavy (non-hydrogen) atoms. The highest BCUT2D eigenvalue weighted by atomic mass is 16.6. The van der Waals surface area contributed by atoms with Crippen LogP contribution in [0.3, 0.4) is 0 Å². The molecule has 2 fully saturated rings.